The van der Waals surface area contributed by atoms with Gasteiger partial charge in [0.25, 0.3) is 5.91 Å². The molecule has 0 saturated carbocycles. The molecule has 0 aliphatic carbocycles. The molecular formula is C26H21Cl2N3O3S. The number of carbonyl (C=O) groups is 1. The minimum atomic E-state index is -3.40. The van der Waals surface area contributed by atoms with Crippen molar-refractivity contribution in [2.75, 3.05) is 21.9 Å². The molecular weight excluding hydrogens is 505 g/mol. The minimum absolute atomic E-state index is 0.0933. The van der Waals surface area contributed by atoms with Crippen LogP contribution in [-0.2, 0) is 10.0 Å². The van der Waals surface area contributed by atoms with Crippen molar-refractivity contribution >= 4 is 61.3 Å². The van der Waals surface area contributed by atoms with Crippen molar-refractivity contribution in [2.45, 2.75) is 12.8 Å². The molecule has 178 valence electrons. The third kappa shape index (κ3) is 4.72. The summed E-state index contributed by atoms with van der Waals surface area (Å²) in [5.74, 6) is -0.283. The van der Waals surface area contributed by atoms with E-state index in [0.717, 1.165) is 22.9 Å². The average molecular weight is 526 g/mol. The van der Waals surface area contributed by atoms with Gasteiger partial charge in [-0.05, 0) is 60.7 Å². The molecule has 0 spiro atoms. The molecule has 1 fully saturated rings. The number of hydrogen-bond acceptors (Lipinski definition) is 4. The maximum atomic E-state index is 13.0. The van der Waals surface area contributed by atoms with E-state index >= 15 is 0 Å². The number of anilines is 2. The van der Waals surface area contributed by atoms with Crippen LogP contribution in [0.3, 0.4) is 0 Å². The zero-order valence-corrected chi connectivity index (χ0v) is 20.9. The smallest absolute Gasteiger partial charge is 0.255 e. The zero-order valence-electron chi connectivity index (χ0n) is 18.5. The first-order chi connectivity index (χ1) is 16.8. The lowest BCUT2D eigenvalue weighted by molar-refractivity contribution is 0.102. The van der Waals surface area contributed by atoms with Gasteiger partial charge >= 0.3 is 0 Å². The highest BCUT2D eigenvalue weighted by Crippen LogP contribution is 2.35. The predicted octanol–water partition coefficient (Wildman–Crippen LogP) is 6.39. The monoisotopic (exact) mass is 525 g/mol. The molecule has 1 aliphatic rings. The van der Waals surface area contributed by atoms with Crippen molar-refractivity contribution in [1.82, 2.24) is 4.98 Å². The topological polar surface area (TPSA) is 79.4 Å². The number of nitrogens with one attached hydrogen (secondary N) is 1. The minimum Gasteiger partial charge on any atom is -0.322 e. The van der Waals surface area contributed by atoms with Crippen LogP contribution in [0.5, 0.6) is 0 Å². The van der Waals surface area contributed by atoms with Gasteiger partial charge in [-0.2, -0.15) is 0 Å². The van der Waals surface area contributed by atoms with Crippen molar-refractivity contribution in [3.05, 3.63) is 88.5 Å². The Bertz CT molecular complexity index is 1550. The van der Waals surface area contributed by atoms with Gasteiger partial charge in [0.05, 0.1) is 27.2 Å². The lowest BCUT2D eigenvalue weighted by Gasteiger charge is -2.29. The Labute approximate surface area is 213 Å². The van der Waals surface area contributed by atoms with Gasteiger partial charge in [0.2, 0.25) is 10.0 Å². The zero-order chi connectivity index (χ0) is 24.6. The van der Waals surface area contributed by atoms with Crippen LogP contribution < -0.4 is 9.62 Å². The SMILES string of the molecule is O=C(Nc1ccc(Cl)c(-c2nccc3ccccc23)c1)c1ccc(N2CCCCS2(=O)=O)c(Cl)c1. The molecule has 0 radical (unpaired) electrons. The Kier molecular flexibility index (Phi) is 6.40. The van der Waals surface area contributed by atoms with Crippen LogP contribution >= 0.6 is 23.2 Å². The first kappa shape index (κ1) is 23.6. The summed E-state index contributed by atoms with van der Waals surface area (Å²) in [6.45, 7) is 0.378. The summed E-state index contributed by atoms with van der Waals surface area (Å²) >= 11 is 12.9. The van der Waals surface area contributed by atoms with E-state index in [-0.39, 0.29) is 16.7 Å². The van der Waals surface area contributed by atoms with E-state index in [2.05, 4.69) is 10.3 Å². The molecule has 4 aromatic rings. The van der Waals surface area contributed by atoms with Crippen LogP contribution in [0.2, 0.25) is 10.0 Å². The number of fused-ring (bicyclic) bond motifs is 1. The fourth-order valence-corrected chi connectivity index (χ4v) is 6.43. The number of nitrogens with zero attached hydrogens (tertiary/aromatic N) is 2. The van der Waals surface area contributed by atoms with E-state index in [1.165, 1.54) is 10.4 Å². The van der Waals surface area contributed by atoms with Gasteiger partial charge in [0.1, 0.15) is 0 Å². The van der Waals surface area contributed by atoms with Gasteiger partial charge in [-0.3, -0.25) is 14.1 Å². The highest BCUT2D eigenvalue weighted by molar-refractivity contribution is 7.92. The number of sulfonamides is 1. The molecule has 1 saturated heterocycles. The first-order valence-electron chi connectivity index (χ1n) is 11.1. The van der Waals surface area contributed by atoms with Gasteiger partial charge in [-0.1, -0.05) is 47.5 Å². The molecule has 1 N–H and O–H groups in total. The van der Waals surface area contributed by atoms with E-state index in [1.54, 1.807) is 36.5 Å². The van der Waals surface area contributed by atoms with E-state index in [9.17, 15) is 13.2 Å². The highest BCUT2D eigenvalue weighted by Gasteiger charge is 2.28. The number of amides is 1. The molecule has 1 aromatic heterocycles. The van der Waals surface area contributed by atoms with Crippen LogP contribution in [0, 0.1) is 0 Å². The summed E-state index contributed by atoms with van der Waals surface area (Å²) in [6, 6.07) is 19.7. The summed E-state index contributed by atoms with van der Waals surface area (Å²) in [5.41, 5.74) is 2.67. The Morgan fingerprint density at radius 2 is 1.77 bits per heavy atom. The number of aromatic nitrogens is 1. The van der Waals surface area contributed by atoms with Crippen molar-refractivity contribution in [1.29, 1.82) is 0 Å². The maximum Gasteiger partial charge on any atom is 0.255 e. The summed E-state index contributed by atoms with van der Waals surface area (Å²) in [6.07, 6.45) is 3.13. The number of carbonyl (C=O) groups excluding carboxylic acids is 1. The van der Waals surface area contributed by atoms with Gasteiger partial charge in [-0.25, -0.2) is 8.42 Å². The molecule has 1 amide bonds. The lowest BCUT2D eigenvalue weighted by Crippen LogP contribution is -2.38. The largest absolute Gasteiger partial charge is 0.322 e. The normalized spacial score (nSPS) is 15.2. The fraction of sp³-hybridized carbons (Fsp3) is 0.154. The summed E-state index contributed by atoms with van der Waals surface area (Å²) in [4.78, 5) is 17.5. The third-order valence-electron chi connectivity index (χ3n) is 5.98. The number of benzene rings is 3. The summed E-state index contributed by atoms with van der Waals surface area (Å²) in [7, 11) is -3.40. The third-order valence-corrected chi connectivity index (χ3v) is 8.47. The maximum absolute atomic E-state index is 13.0. The first-order valence-corrected chi connectivity index (χ1v) is 13.4. The molecule has 0 unspecified atom stereocenters. The number of rotatable bonds is 4. The van der Waals surface area contributed by atoms with Gasteiger partial charge < -0.3 is 5.32 Å². The molecule has 9 heteroatoms. The van der Waals surface area contributed by atoms with Crippen molar-refractivity contribution < 1.29 is 13.2 Å². The van der Waals surface area contributed by atoms with Crippen LogP contribution in [-0.4, -0.2) is 31.6 Å². The molecule has 0 bridgehead atoms. The summed E-state index contributed by atoms with van der Waals surface area (Å²) < 4.78 is 26.2. The number of hydrogen-bond donors (Lipinski definition) is 1. The fourth-order valence-electron chi connectivity index (χ4n) is 4.23. The van der Waals surface area contributed by atoms with Crippen LogP contribution in [0.15, 0.2) is 72.9 Å². The van der Waals surface area contributed by atoms with Crippen LogP contribution in [0.1, 0.15) is 23.2 Å². The summed E-state index contributed by atoms with van der Waals surface area (Å²) in [5, 5.41) is 5.58. The average Bonchev–Trinajstić information content (AvgIpc) is 2.85. The molecule has 5 rings (SSSR count). The lowest BCUT2D eigenvalue weighted by atomic mass is 10.0. The quantitative estimate of drug-likeness (QED) is 0.334. The molecule has 0 atom stereocenters. The van der Waals surface area contributed by atoms with Crippen molar-refractivity contribution in [3.63, 3.8) is 0 Å². The molecule has 6 nitrogen and oxygen atoms in total. The van der Waals surface area contributed by atoms with Crippen molar-refractivity contribution in [2.24, 2.45) is 0 Å². The van der Waals surface area contributed by atoms with Gasteiger partial charge in [0.15, 0.2) is 0 Å². The number of pyridine rings is 1. The van der Waals surface area contributed by atoms with E-state index in [4.69, 9.17) is 23.2 Å². The Balaban J connectivity index is 1.42. The number of halogens is 2. The second-order valence-corrected chi connectivity index (χ2v) is 11.1. The second kappa shape index (κ2) is 9.49. The Hall–Kier alpha value is -3.13. The standard InChI is InChI=1S/C26H21Cl2N3O3S/c27-22-9-8-19(16-21(22)25-20-6-2-1-5-17(20)11-12-29-25)30-26(32)18-7-10-24(23(28)15-18)31-13-3-4-14-35(31,33)34/h1-2,5-12,15-16H,3-4,13-14H2,(H,30,32). The van der Waals surface area contributed by atoms with E-state index < -0.39 is 10.0 Å². The molecule has 2 heterocycles. The van der Waals surface area contributed by atoms with E-state index in [1.807, 2.05) is 30.3 Å². The molecule has 1 aliphatic heterocycles. The Morgan fingerprint density at radius 1 is 0.943 bits per heavy atom. The Morgan fingerprint density at radius 3 is 2.57 bits per heavy atom. The van der Waals surface area contributed by atoms with Gasteiger partial charge in [-0.15, -0.1) is 0 Å². The second-order valence-electron chi connectivity index (χ2n) is 8.29. The van der Waals surface area contributed by atoms with E-state index in [0.29, 0.717) is 40.5 Å². The van der Waals surface area contributed by atoms with Crippen molar-refractivity contribution in [3.8, 4) is 11.3 Å². The van der Waals surface area contributed by atoms with Gasteiger partial charge in [0, 0.05) is 34.9 Å². The predicted molar refractivity (Wildman–Crippen MR) is 142 cm³/mol. The molecule has 35 heavy (non-hydrogen) atoms. The molecule has 3 aromatic carbocycles. The van der Waals surface area contributed by atoms with Crippen LogP contribution in [0.4, 0.5) is 11.4 Å². The highest BCUT2D eigenvalue weighted by atomic mass is 35.5. The van der Waals surface area contributed by atoms with Crippen LogP contribution in [0.25, 0.3) is 22.0 Å².